The van der Waals surface area contributed by atoms with Gasteiger partial charge in [0.15, 0.2) is 6.10 Å². The van der Waals surface area contributed by atoms with Crippen molar-refractivity contribution in [1.82, 2.24) is 4.98 Å². The number of aryl methyl sites for hydroxylation is 1. The number of nitrogens with zero attached hydrogens (tertiary/aromatic N) is 3. The van der Waals surface area contributed by atoms with Gasteiger partial charge in [-0.25, -0.2) is 14.4 Å². The molecule has 2 saturated heterocycles. The molecule has 0 N–H and O–H groups in total. The van der Waals surface area contributed by atoms with Gasteiger partial charge >= 0.3 is 0 Å². The minimum Gasteiger partial charge on any atom is -0.273 e. The van der Waals surface area contributed by atoms with E-state index in [0.29, 0.717) is 5.69 Å². The minimum atomic E-state index is -0.958. The molecule has 1 aromatic heterocycles. The van der Waals surface area contributed by atoms with Crippen molar-refractivity contribution < 1.29 is 18.8 Å². The molecular formula is C23H18FN3O3. The molecule has 0 aliphatic carbocycles. The van der Waals surface area contributed by atoms with Crippen LogP contribution in [0, 0.1) is 18.7 Å². The molecule has 3 aromatic rings. The Morgan fingerprint density at radius 3 is 2.33 bits per heavy atom. The van der Waals surface area contributed by atoms with Gasteiger partial charge in [0.05, 0.1) is 17.4 Å². The lowest BCUT2D eigenvalue weighted by Gasteiger charge is -2.29. The Hall–Kier alpha value is -3.58. The largest absolute Gasteiger partial charge is 0.273 e. The highest BCUT2D eigenvalue weighted by molar-refractivity contribution is 6.23. The maximum Gasteiger partial charge on any atom is 0.266 e. The molecule has 2 aromatic carbocycles. The van der Waals surface area contributed by atoms with E-state index in [9.17, 15) is 14.0 Å². The fourth-order valence-electron chi connectivity index (χ4n) is 4.18. The first kappa shape index (κ1) is 18.4. The Bertz CT molecular complexity index is 1120. The van der Waals surface area contributed by atoms with E-state index >= 15 is 0 Å². The fraction of sp³-hybridized carbons (Fsp3) is 0.174. The van der Waals surface area contributed by atoms with E-state index in [1.165, 1.54) is 24.3 Å². The third-order valence-electron chi connectivity index (χ3n) is 5.60. The summed E-state index contributed by atoms with van der Waals surface area (Å²) in [7, 11) is 0. The summed E-state index contributed by atoms with van der Waals surface area (Å²) < 4.78 is 13.3. The van der Waals surface area contributed by atoms with E-state index in [0.717, 1.165) is 21.7 Å². The molecule has 7 heteroatoms. The molecule has 0 bridgehead atoms. The number of fused-ring (bicyclic) bond motifs is 1. The highest BCUT2D eigenvalue weighted by Gasteiger charge is 2.60. The zero-order valence-electron chi connectivity index (χ0n) is 16.1. The number of carbonyl (C=O) groups is 2. The van der Waals surface area contributed by atoms with Crippen molar-refractivity contribution in [2.45, 2.75) is 19.1 Å². The monoisotopic (exact) mass is 403 g/mol. The SMILES string of the molecule is Cc1ccccc1N1O[C@@H]2C(=O)N(c3ccc(F)cc3)C(=O)[C@H]2[C@H]1c1ccncc1. The molecule has 0 saturated carbocycles. The summed E-state index contributed by atoms with van der Waals surface area (Å²) in [4.78, 5) is 37.9. The van der Waals surface area contributed by atoms with Crippen LogP contribution in [0.2, 0.25) is 0 Å². The van der Waals surface area contributed by atoms with Crippen molar-refractivity contribution in [2.75, 3.05) is 9.96 Å². The Morgan fingerprint density at radius 2 is 1.63 bits per heavy atom. The van der Waals surface area contributed by atoms with E-state index in [-0.39, 0.29) is 5.91 Å². The average Bonchev–Trinajstić information content (AvgIpc) is 3.26. The van der Waals surface area contributed by atoms with Crippen LogP contribution >= 0.6 is 0 Å². The van der Waals surface area contributed by atoms with Gasteiger partial charge < -0.3 is 0 Å². The maximum absolute atomic E-state index is 13.4. The van der Waals surface area contributed by atoms with Crippen LogP contribution in [0.25, 0.3) is 0 Å². The third-order valence-corrected chi connectivity index (χ3v) is 5.60. The molecule has 0 unspecified atom stereocenters. The number of amides is 2. The highest BCUT2D eigenvalue weighted by Crippen LogP contribution is 2.48. The number of hydrogen-bond donors (Lipinski definition) is 0. The first-order valence-electron chi connectivity index (χ1n) is 9.61. The number of halogens is 1. The summed E-state index contributed by atoms with van der Waals surface area (Å²) in [5.74, 6) is -1.99. The van der Waals surface area contributed by atoms with Gasteiger partial charge in [-0.3, -0.25) is 19.4 Å². The lowest BCUT2D eigenvalue weighted by atomic mass is 9.91. The predicted octanol–water partition coefficient (Wildman–Crippen LogP) is 3.58. The van der Waals surface area contributed by atoms with Crippen molar-refractivity contribution in [1.29, 1.82) is 0 Å². The number of rotatable bonds is 3. The van der Waals surface area contributed by atoms with Crippen molar-refractivity contribution >= 4 is 23.2 Å². The smallest absolute Gasteiger partial charge is 0.266 e. The number of hydrogen-bond acceptors (Lipinski definition) is 5. The van der Waals surface area contributed by atoms with E-state index in [1.807, 2.05) is 43.3 Å². The minimum absolute atomic E-state index is 0.334. The van der Waals surface area contributed by atoms with Gasteiger partial charge in [0.25, 0.3) is 5.91 Å². The van der Waals surface area contributed by atoms with Crippen LogP contribution in [0.5, 0.6) is 0 Å². The standard InChI is InChI=1S/C23H18FN3O3/c1-14-4-2-3-5-18(14)27-20(15-10-12-25-13-11-15)19-21(30-27)23(29)26(22(19)28)17-8-6-16(24)7-9-17/h2-13,19-21H,1H3/t19-,20+,21-/m0/s1. The highest BCUT2D eigenvalue weighted by atomic mass is 19.1. The van der Waals surface area contributed by atoms with E-state index in [1.54, 1.807) is 17.5 Å². The summed E-state index contributed by atoms with van der Waals surface area (Å²) >= 11 is 0. The summed E-state index contributed by atoms with van der Waals surface area (Å²) in [6.45, 7) is 1.95. The van der Waals surface area contributed by atoms with Crippen LogP contribution in [0.4, 0.5) is 15.8 Å². The molecule has 5 rings (SSSR count). The average molecular weight is 403 g/mol. The number of hydroxylamine groups is 1. The van der Waals surface area contributed by atoms with Crippen LogP contribution in [0.15, 0.2) is 73.1 Å². The van der Waals surface area contributed by atoms with Gasteiger partial charge in [0.2, 0.25) is 5.91 Å². The summed E-state index contributed by atoms with van der Waals surface area (Å²) in [6, 6.07) is 16.1. The van der Waals surface area contributed by atoms with Crippen molar-refractivity contribution in [2.24, 2.45) is 5.92 Å². The number of pyridine rings is 1. The lowest BCUT2D eigenvalue weighted by molar-refractivity contribution is -0.126. The van der Waals surface area contributed by atoms with E-state index in [4.69, 9.17) is 4.84 Å². The Kier molecular flexibility index (Phi) is 4.33. The van der Waals surface area contributed by atoms with Crippen LogP contribution in [0.3, 0.4) is 0 Å². The molecule has 150 valence electrons. The third kappa shape index (κ3) is 2.78. The second kappa shape index (κ2) is 7.03. The van der Waals surface area contributed by atoms with Crippen LogP contribution in [-0.2, 0) is 14.4 Å². The molecule has 0 radical (unpaired) electrons. The second-order valence-corrected chi connectivity index (χ2v) is 7.38. The number of anilines is 2. The molecule has 2 aliphatic rings. The summed E-state index contributed by atoms with van der Waals surface area (Å²) in [5.41, 5.74) is 2.91. The quantitative estimate of drug-likeness (QED) is 0.626. The van der Waals surface area contributed by atoms with Gasteiger partial charge in [-0.05, 0) is 60.5 Å². The predicted molar refractivity (Wildman–Crippen MR) is 108 cm³/mol. The number of imide groups is 1. The first-order chi connectivity index (χ1) is 14.6. The van der Waals surface area contributed by atoms with Crippen molar-refractivity contribution in [3.05, 3.63) is 90.0 Å². The molecule has 30 heavy (non-hydrogen) atoms. The number of para-hydroxylation sites is 1. The zero-order chi connectivity index (χ0) is 20.8. The lowest BCUT2D eigenvalue weighted by Crippen LogP contribution is -2.37. The van der Waals surface area contributed by atoms with Gasteiger partial charge in [-0.15, -0.1) is 0 Å². The zero-order valence-corrected chi connectivity index (χ0v) is 16.1. The van der Waals surface area contributed by atoms with E-state index < -0.39 is 29.8 Å². The van der Waals surface area contributed by atoms with Gasteiger partial charge in [0, 0.05) is 12.4 Å². The van der Waals surface area contributed by atoms with Crippen molar-refractivity contribution in [3.63, 3.8) is 0 Å². The van der Waals surface area contributed by atoms with Crippen LogP contribution in [-0.4, -0.2) is 22.9 Å². The molecule has 2 aliphatic heterocycles. The molecule has 2 amide bonds. The molecule has 2 fully saturated rings. The fourth-order valence-corrected chi connectivity index (χ4v) is 4.18. The number of carbonyl (C=O) groups excluding carboxylic acids is 2. The van der Waals surface area contributed by atoms with Gasteiger partial charge in [-0.2, -0.15) is 0 Å². The summed E-state index contributed by atoms with van der Waals surface area (Å²) in [5, 5.41) is 1.66. The molecule has 3 heterocycles. The van der Waals surface area contributed by atoms with Crippen LogP contribution < -0.4 is 9.96 Å². The second-order valence-electron chi connectivity index (χ2n) is 7.38. The molecule has 3 atom stereocenters. The van der Waals surface area contributed by atoms with Crippen molar-refractivity contribution in [3.8, 4) is 0 Å². The Morgan fingerprint density at radius 1 is 0.933 bits per heavy atom. The molecule has 0 spiro atoms. The Balaban J connectivity index is 1.59. The normalized spacial score (nSPS) is 23.2. The maximum atomic E-state index is 13.4. The molecule has 6 nitrogen and oxygen atoms in total. The van der Waals surface area contributed by atoms with Gasteiger partial charge in [0.1, 0.15) is 11.7 Å². The van der Waals surface area contributed by atoms with Gasteiger partial charge in [-0.1, -0.05) is 18.2 Å². The Labute approximate surface area is 172 Å². The first-order valence-corrected chi connectivity index (χ1v) is 9.61. The molecular weight excluding hydrogens is 385 g/mol. The number of aromatic nitrogens is 1. The van der Waals surface area contributed by atoms with E-state index in [2.05, 4.69) is 4.98 Å². The number of benzene rings is 2. The topological polar surface area (TPSA) is 62.7 Å². The summed E-state index contributed by atoms with van der Waals surface area (Å²) in [6.07, 6.45) is 2.34. The van der Waals surface area contributed by atoms with Crippen LogP contribution in [0.1, 0.15) is 17.2 Å².